The first-order chi connectivity index (χ1) is 9.58. The third-order valence-electron chi connectivity index (χ3n) is 2.82. The maximum Gasteiger partial charge on any atom is 0.156 e. The second kappa shape index (κ2) is 6.29. The number of hydrogen-bond donors (Lipinski definition) is 1. The Morgan fingerprint density at radius 3 is 2.75 bits per heavy atom. The smallest absolute Gasteiger partial charge is 0.156 e. The predicted octanol–water partition coefficient (Wildman–Crippen LogP) is 1.55. The molecule has 0 aliphatic heterocycles. The number of nitrogen functional groups attached to an aromatic ring is 1. The van der Waals surface area contributed by atoms with Crippen molar-refractivity contribution in [2.45, 2.75) is 20.1 Å². The van der Waals surface area contributed by atoms with Gasteiger partial charge in [-0.05, 0) is 18.6 Å². The van der Waals surface area contributed by atoms with Gasteiger partial charge in [0, 0.05) is 38.7 Å². The van der Waals surface area contributed by atoms with Gasteiger partial charge in [0.2, 0.25) is 0 Å². The molecule has 106 valence electrons. The van der Waals surface area contributed by atoms with Crippen LogP contribution in [-0.4, -0.2) is 29.1 Å². The first-order valence-electron chi connectivity index (χ1n) is 6.33. The van der Waals surface area contributed by atoms with Crippen LogP contribution in [0.15, 0.2) is 24.4 Å². The highest BCUT2D eigenvalue weighted by Crippen LogP contribution is 2.14. The van der Waals surface area contributed by atoms with Crippen molar-refractivity contribution in [1.29, 1.82) is 0 Å². The van der Waals surface area contributed by atoms with Gasteiger partial charge in [-0.1, -0.05) is 6.07 Å². The summed E-state index contributed by atoms with van der Waals surface area (Å²) in [6.45, 7) is 3.06. The number of aryl methyl sites for hydroxylation is 1. The Hall–Kier alpha value is -2.21. The molecule has 6 nitrogen and oxygen atoms in total. The number of hydrogen-bond acceptors (Lipinski definition) is 6. The summed E-state index contributed by atoms with van der Waals surface area (Å²) < 4.78 is 5.08. The molecule has 6 heteroatoms. The number of nitrogens with zero attached hydrogens (tertiary/aromatic N) is 4. The number of aromatic nitrogens is 3. The summed E-state index contributed by atoms with van der Waals surface area (Å²) >= 11 is 0. The van der Waals surface area contributed by atoms with Crippen LogP contribution < -0.4 is 10.6 Å². The lowest BCUT2D eigenvalue weighted by Gasteiger charge is -2.19. The van der Waals surface area contributed by atoms with Crippen molar-refractivity contribution in [3.8, 4) is 0 Å². The highest BCUT2D eigenvalue weighted by molar-refractivity contribution is 5.40. The van der Waals surface area contributed by atoms with E-state index in [2.05, 4.69) is 15.0 Å². The Labute approximate surface area is 118 Å². The largest absolute Gasteiger partial charge is 0.384 e. The molecule has 0 radical (unpaired) electrons. The minimum Gasteiger partial charge on any atom is -0.384 e. The summed E-state index contributed by atoms with van der Waals surface area (Å²) in [5.74, 6) is 2.07. The maximum atomic E-state index is 5.58. The number of pyridine rings is 1. The standard InChI is InChI=1S/C14H19N5O/c1-10-6-14(18-13(17-10)9-20-3)19(2)8-11-4-5-12(15)16-7-11/h4-7H,8-9H2,1-3H3,(H2,15,16). The predicted molar refractivity (Wildman–Crippen MR) is 78.2 cm³/mol. The molecular weight excluding hydrogens is 254 g/mol. The average molecular weight is 273 g/mol. The lowest BCUT2D eigenvalue weighted by molar-refractivity contribution is 0.177. The van der Waals surface area contributed by atoms with E-state index in [1.807, 2.05) is 31.0 Å². The molecular formula is C14H19N5O. The van der Waals surface area contributed by atoms with Gasteiger partial charge in [-0.25, -0.2) is 15.0 Å². The summed E-state index contributed by atoms with van der Waals surface area (Å²) in [5, 5.41) is 0. The van der Waals surface area contributed by atoms with Crippen LogP contribution in [0.3, 0.4) is 0 Å². The Balaban J connectivity index is 2.15. The summed E-state index contributed by atoms with van der Waals surface area (Å²) in [5.41, 5.74) is 7.58. The number of anilines is 2. The molecule has 0 unspecified atom stereocenters. The zero-order valence-corrected chi connectivity index (χ0v) is 12.0. The van der Waals surface area contributed by atoms with Crippen molar-refractivity contribution in [2.24, 2.45) is 0 Å². The van der Waals surface area contributed by atoms with E-state index in [1.165, 1.54) is 0 Å². The second-order valence-electron chi connectivity index (χ2n) is 4.66. The lowest BCUT2D eigenvalue weighted by Crippen LogP contribution is -2.19. The van der Waals surface area contributed by atoms with Gasteiger partial charge in [0.05, 0.1) is 0 Å². The Morgan fingerprint density at radius 2 is 2.10 bits per heavy atom. The molecule has 0 aliphatic carbocycles. The maximum absolute atomic E-state index is 5.58. The molecule has 2 heterocycles. The van der Waals surface area contributed by atoms with Crippen molar-refractivity contribution in [3.05, 3.63) is 41.5 Å². The third-order valence-corrected chi connectivity index (χ3v) is 2.82. The average Bonchev–Trinajstić information content (AvgIpc) is 2.41. The molecule has 0 saturated carbocycles. The molecule has 0 spiro atoms. The van der Waals surface area contributed by atoms with Crippen LogP contribution >= 0.6 is 0 Å². The Bertz CT molecular complexity index is 570. The molecule has 20 heavy (non-hydrogen) atoms. The van der Waals surface area contributed by atoms with Gasteiger partial charge < -0.3 is 15.4 Å². The molecule has 0 atom stereocenters. The second-order valence-corrected chi connectivity index (χ2v) is 4.66. The molecule has 2 rings (SSSR count). The summed E-state index contributed by atoms with van der Waals surface area (Å²) in [6.07, 6.45) is 1.77. The van der Waals surface area contributed by atoms with Gasteiger partial charge in [0.25, 0.3) is 0 Å². The first kappa shape index (κ1) is 14.2. The molecule has 0 aromatic carbocycles. The first-order valence-corrected chi connectivity index (χ1v) is 6.33. The molecule has 0 saturated heterocycles. The van der Waals surface area contributed by atoms with E-state index in [0.29, 0.717) is 24.8 Å². The van der Waals surface area contributed by atoms with Crippen LogP contribution in [0.2, 0.25) is 0 Å². The van der Waals surface area contributed by atoms with Crippen molar-refractivity contribution < 1.29 is 4.74 Å². The van der Waals surface area contributed by atoms with Gasteiger partial charge in [-0.3, -0.25) is 0 Å². The summed E-state index contributed by atoms with van der Waals surface area (Å²) in [6, 6.07) is 5.71. The quantitative estimate of drug-likeness (QED) is 0.890. The highest BCUT2D eigenvalue weighted by Gasteiger charge is 2.07. The third kappa shape index (κ3) is 3.64. The van der Waals surface area contributed by atoms with Gasteiger partial charge in [-0.15, -0.1) is 0 Å². The fourth-order valence-corrected chi connectivity index (χ4v) is 1.89. The highest BCUT2D eigenvalue weighted by atomic mass is 16.5. The van der Waals surface area contributed by atoms with Gasteiger partial charge in [0.1, 0.15) is 18.2 Å². The number of rotatable bonds is 5. The normalized spacial score (nSPS) is 10.6. The zero-order valence-electron chi connectivity index (χ0n) is 12.0. The van der Waals surface area contributed by atoms with E-state index in [0.717, 1.165) is 17.1 Å². The van der Waals surface area contributed by atoms with Crippen molar-refractivity contribution >= 4 is 11.6 Å². The van der Waals surface area contributed by atoms with E-state index in [9.17, 15) is 0 Å². The monoisotopic (exact) mass is 273 g/mol. The van der Waals surface area contributed by atoms with Crippen LogP contribution in [-0.2, 0) is 17.9 Å². The van der Waals surface area contributed by atoms with Crippen LogP contribution in [0.5, 0.6) is 0 Å². The molecule has 2 aromatic heterocycles. The van der Waals surface area contributed by atoms with Crippen molar-refractivity contribution in [3.63, 3.8) is 0 Å². The van der Waals surface area contributed by atoms with Crippen LogP contribution in [0.1, 0.15) is 17.1 Å². The Morgan fingerprint density at radius 1 is 1.30 bits per heavy atom. The molecule has 0 fully saturated rings. The fraction of sp³-hybridized carbons (Fsp3) is 0.357. The summed E-state index contributed by atoms with van der Waals surface area (Å²) in [4.78, 5) is 14.9. The number of ether oxygens (including phenoxy) is 1. The number of methoxy groups -OCH3 is 1. The number of nitrogens with two attached hydrogens (primary N) is 1. The molecule has 2 aromatic rings. The van der Waals surface area contributed by atoms with E-state index >= 15 is 0 Å². The lowest BCUT2D eigenvalue weighted by atomic mass is 10.2. The van der Waals surface area contributed by atoms with Crippen molar-refractivity contribution in [1.82, 2.24) is 15.0 Å². The summed E-state index contributed by atoms with van der Waals surface area (Å²) in [7, 11) is 3.61. The van der Waals surface area contributed by atoms with E-state index < -0.39 is 0 Å². The minimum atomic E-state index is 0.409. The van der Waals surface area contributed by atoms with E-state index in [-0.39, 0.29) is 0 Å². The van der Waals surface area contributed by atoms with Crippen molar-refractivity contribution in [2.75, 3.05) is 24.8 Å². The topological polar surface area (TPSA) is 77.2 Å². The van der Waals surface area contributed by atoms with Gasteiger partial charge in [-0.2, -0.15) is 0 Å². The van der Waals surface area contributed by atoms with Crippen LogP contribution in [0.4, 0.5) is 11.6 Å². The zero-order chi connectivity index (χ0) is 14.5. The van der Waals surface area contributed by atoms with Gasteiger partial charge in [0.15, 0.2) is 5.82 Å². The van der Waals surface area contributed by atoms with Crippen LogP contribution in [0.25, 0.3) is 0 Å². The van der Waals surface area contributed by atoms with Crippen LogP contribution in [0, 0.1) is 6.92 Å². The fourth-order valence-electron chi connectivity index (χ4n) is 1.89. The molecule has 0 bridgehead atoms. The minimum absolute atomic E-state index is 0.409. The molecule has 0 amide bonds. The Kier molecular flexibility index (Phi) is 4.47. The van der Waals surface area contributed by atoms with Gasteiger partial charge >= 0.3 is 0 Å². The SMILES string of the molecule is COCc1nc(C)cc(N(C)Cc2ccc(N)nc2)n1. The molecule has 2 N–H and O–H groups in total. The molecule has 0 aliphatic rings. The van der Waals surface area contributed by atoms with E-state index in [4.69, 9.17) is 10.5 Å². The van der Waals surface area contributed by atoms with E-state index in [1.54, 1.807) is 19.4 Å².